The highest BCUT2D eigenvalue weighted by atomic mass is 35.5. The zero-order valence-corrected chi connectivity index (χ0v) is 8.99. The molecule has 0 bridgehead atoms. The van der Waals surface area contributed by atoms with Crippen LogP contribution in [0.2, 0.25) is 5.15 Å². The zero-order chi connectivity index (χ0) is 11.5. The molecule has 0 spiro atoms. The van der Waals surface area contributed by atoms with E-state index in [1.54, 1.807) is 12.1 Å². The maximum absolute atomic E-state index is 11.4. The molecule has 0 saturated carbocycles. The molecule has 1 saturated heterocycles. The number of piperidine rings is 1. The van der Waals surface area contributed by atoms with Gasteiger partial charge >= 0.3 is 0 Å². The summed E-state index contributed by atoms with van der Waals surface area (Å²) in [5.74, 6) is -0.128. The Morgan fingerprint density at radius 3 is 2.81 bits per heavy atom. The van der Waals surface area contributed by atoms with Crippen LogP contribution in [0.1, 0.15) is 12.8 Å². The van der Waals surface area contributed by atoms with Gasteiger partial charge < -0.3 is 5.32 Å². The van der Waals surface area contributed by atoms with Gasteiger partial charge in [-0.2, -0.15) is 0 Å². The van der Waals surface area contributed by atoms with Crippen LogP contribution in [0.15, 0.2) is 12.1 Å². The summed E-state index contributed by atoms with van der Waals surface area (Å²) >= 11 is 5.58. The second-order valence-electron chi connectivity index (χ2n) is 3.39. The number of halogens is 1. The Kier molecular flexibility index (Phi) is 3.00. The number of carbonyl (C=O) groups is 2. The maximum atomic E-state index is 11.4. The van der Waals surface area contributed by atoms with Crippen LogP contribution in [0, 0.1) is 0 Å². The Bertz CT molecular complexity index is 420. The zero-order valence-electron chi connectivity index (χ0n) is 8.24. The summed E-state index contributed by atoms with van der Waals surface area (Å²) in [5.41, 5.74) is 0. The van der Waals surface area contributed by atoms with Crippen LogP contribution >= 0.6 is 11.6 Å². The molecule has 1 aliphatic rings. The lowest BCUT2D eigenvalue weighted by atomic mass is 10.1. The van der Waals surface area contributed by atoms with E-state index in [0.29, 0.717) is 18.7 Å². The van der Waals surface area contributed by atoms with E-state index in [9.17, 15) is 9.59 Å². The second kappa shape index (κ2) is 4.44. The minimum Gasteiger partial charge on any atom is -0.357 e. The van der Waals surface area contributed by atoms with E-state index in [1.807, 2.05) is 0 Å². The van der Waals surface area contributed by atoms with Crippen molar-refractivity contribution in [2.24, 2.45) is 0 Å². The number of imide groups is 1. The number of anilines is 1. The van der Waals surface area contributed by atoms with Gasteiger partial charge in [-0.25, -0.2) is 0 Å². The first-order chi connectivity index (χ1) is 7.65. The highest BCUT2D eigenvalue weighted by molar-refractivity contribution is 6.29. The highest BCUT2D eigenvalue weighted by Gasteiger charge is 2.26. The molecular formula is C9H9ClN4O2. The van der Waals surface area contributed by atoms with Crippen LogP contribution in [-0.4, -0.2) is 28.1 Å². The first-order valence-electron chi connectivity index (χ1n) is 4.74. The fourth-order valence-corrected chi connectivity index (χ4v) is 1.50. The van der Waals surface area contributed by atoms with Crippen molar-refractivity contribution in [3.63, 3.8) is 0 Å². The second-order valence-corrected chi connectivity index (χ2v) is 3.78. The molecule has 84 valence electrons. The van der Waals surface area contributed by atoms with Crippen molar-refractivity contribution in [1.82, 2.24) is 15.5 Å². The minimum absolute atomic E-state index is 0.245. The summed E-state index contributed by atoms with van der Waals surface area (Å²) in [7, 11) is 0. The van der Waals surface area contributed by atoms with E-state index in [-0.39, 0.29) is 17.0 Å². The molecule has 1 aromatic heterocycles. The molecule has 1 aliphatic heterocycles. The Balaban J connectivity index is 2.02. The fraction of sp³-hybridized carbons (Fsp3) is 0.333. The van der Waals surface area contributed by atoms with Crippen LogP contribution in [0.4, 0.5) is 5.82 Å². The molecule has 1 aromatic rings. The number of carbonyl (C=O) groups excluding carboxylic acids is 2. The topological polar surface area (TPSA) is 84.0 Å². The largest absolute Gasteiger partial charge is 0.357 e. The molecule has 16 heavy (non-hydrogen) atoms. The van der Waals surface area contributed by atoms with E-state index in [0.717, 1.165) is 0 Å². The van der Waals surface area contributed by atoms with Crippen molar-refractivity contribution in [1.29, 1.82) is 0 Å². The van der Waals surface area contributed by atoms with Gasteiger partial charge in [0.2, 0.25) is 11.8 Å². The molecule has 7 heteroatoms. The SMILES string of the molecule is O=C1CCC(Nc2ccc(Cl)nn2)C(=O)N1. The molecule has 2 N–H and O–H groups in total. The summed E-state index contributed by atoms with van der Waals surface area (Å²) in [5, 5.41) is 12.8. The molecule has 1 atom stereocenters. The molecular weight excluding hydrogens is 232 g/mol. The van der Waals surface area contributed by atoms with Gasteiger partial charge in [-0.1, -0.05) is 11.6 Å². The quantitative estimate of drug-likeness (QED) is 0.729. The van der Waals surface area contributed by atoms with Gasteiger partial charge in [-0.3, -0.25) is 14.9 Å². The lowest BCUT2D eigenvalue weighted by molar-refractivity contribution is -0.133. The first kappa shape index (κ1) is 10.8. The van der Waals surface area contributed by atoms with Gasteiger partial charge in [0.15, 0.2) is 5.15 Å². The van der Waals surface area contributed by atoms with E-state index in [4.69, 9.17) is 11.6 Å². The molecule has 1 fully saturated rings. The van der Waals surface area contributed by atoms with Crippen LogP contribution < -0.4 is 10.6 Å². The average Bonchev–Trinajstić information content (AvgIpc) is 2.25. The predicted octanol–water partition coefficient (Wildman–Crippen LogP) is 0.347. The third-order valence-corrected chi connectivity index (χ3v) is 2.39. The number of aromatic nitrogens is 2. The Labute approximate surface area is 96.4 Å². The molecule has 0 aliphatic carbocycles. The van der Waals surface area contributed by atoms with Gasteiger partial charge in [0.25, 0.3) is 0 Å². The summed E-state index contributed by atoms with van der Waals surface area (Å²) in [6, 6.07) is 2.75. The summed E-state index contributed by atoms with van der Waals surface area (Å²) < 4.78 is 0. The lowest BCUT2D eigenvalue weighted by Gasteiger charge is -2.21. The first-order valence-corrected chi connectivity index (χ1v) is 5.12. The van der Waals surface area contributed by atoms with Crippen LogP contribution in [0.5, 0.6) is 0 Å². The summed E-state index contributed by atoms with van der Waals surface area (Å²) in [6.45, 7) is 0. The number of hydrogen-bond acceptors (Lipinski definition) is 5. The molecule has 6 nitrogen and oxygen atoms in total. The van der Waals surface area contributed by atoms with E-state index < -0.39 is 6.04 Å². The number of amides is 2. The molecule has 2 heterocycles. The average molecular weight is 241 g/mol. The number of nitrogens with one attached hydrogen (secondary N) is 2. The Morgan fingerprint density at radius 2 is 2.19 bits per heavy atom. The van der Waals surface area contributed by atoms with Crippen molar-refractivity contribution in [2.45, 2.75) is 18.9 Å². The minimum atomic E-state index is -0.451. The van der Waals surface area contributed by atoms with E-state index in [1.165, 1.54) is 0 Å². The molecule has 0 radical (unpaired) electrons. The Morgan fingerprint density at radius 1 is 1.38 bits per heavy atom. The van der Waals surface area contributed by atoms with Gasteiger partial charge in [-0.05, 0) is 18.6 Å². The van der Waals surface area contributed by atoms with Gasteiger partial charge in [0.1, 0.15) is 11.9 Å². The van der Waals surface area contributed by atoms with E-state index in [2.05, 4.69) is 20.8 Å². The monoisotopic (exact) mass is 240 g/mol. The number of hydrogen-bond donors (Lipinski definition) is 2. The van der Waals surface area contributed by atoms with Crippen LogP contribution in [0.25, 0.3) is 0 Å². The lowest BCUT2D eigenvalue weighted by Crippen LogP contribution is -2.47. The van der Waals surface area contributed by atoms with Crippen LogP contribution in [-0.2, 0) is 9.59 Å². The van der Waals surface area contributed by atoms with E-state index >= 15 is 0 Å². The third-order valence-electron chi connectivity index (χ3n) is 2.19. The van der Waals surface area contributed by atoms with Crippen LogP contribution in [0.3, 0.4) is 0 Å². The fourth-order valence-electron chi connectivity index (χ4n) is 1.40. The number of rotatable bonds is 2. The van der Waals surface area contributed by atoms with Crippen molar-refractivity contribution in [3.05, 3.63) is 17.3 Å². The standard InChI is InChI=1S/C9H9ClN4O2/c10-6-2-3-7(14-13-6)11-5-1-4-8(15)12-9(5)16/h2-3,5H,1,4H2,(H,11,14)(H,12,15,16). The predicted molar refractivity (Wildman–Crippen MR) is 56.8 cm³/mol. The third kappa shape index (κ3) is 2.46. The van der Waals surface area contributed by atoms with Crippen molar-refractivity contribution in [2.75, 3.05) is 5.32 Å². The van der Waals surface area contributed by atoms with Crippen molar-refractivity contribution < 1.29 is 9.59 Å². The normalized spacial score (nSPS) is 20.4. The van der Waals surface area contributed by atoms with Gasteiger partial charge in [0, 0.05) is 6.42 Å². The van der Waals surface area contributed by atoms with Gasteiger partial charge in [0.05, 0.1) is 0 Å². The maximum Gasteiger partial charge on any atom is 0.249 e. The summed E-state index contributed by atoms with van der Waals surface area (Å²) in [6.07, 6.45) is 0.777. The molecule has 2 amide bonds. The number of nitrogens with zero attached hydrogens (tertiary/aromatic N) is 2. The van der Waals surface area contributed by atoms with Crippen molar-refractivity contribution in [3.8, 4) is 0 Å². The molecule has 0 aromatic carbocycles. The van der Waals surface area contributed by atoms with Crippen molar-refractivity contribution >= 4 is 29.2 Å². The molecule has 2 rings (SSSR count). The summed E-state index contributed by atoms with van der Waals surface area (Å²) in [4.78, 5) is 22.3. The van der Waals surface area contributed by atoms with Gasteiger partial charge in [-0.15, -0.1) is 10.2 Å². The smallest absolute Gasteiger partial charge is 0.249 e. The highest BCUT2D eigenvalue weighted by Crippen LogP contribution is 2.12. The Hall–Kier alpha value is -1.69. The molecule has 1 unspecified atom stereocenters.